The number of halogens is 1. The van der Waals surface area contributed by atoms with Gasteiger partial charge in [-0.2, -0.15) is 0 Å². The Hall–Kier alpha value is 0.110. The van der Waals surface area contributed by atoms with Gasteiger partial charge in [-0.1, -0.05) is 0 Å². The minimum absolute atomic E-state index is 0.115. The third-order valence-corrected chi connectivity index (χ3v) is 0.589. The van der Waals surface area contributed by atoms with Crippen molar-refractivity contribution in [3.8, 4) is 0 Å². The van der Waals surface area contributed by atoms with Gasteiger partial charge in [0.1, 0.15) is 6.61 Å². The summed E-state index contributed by atoms with van der Waals surface area (Å²) in [5.41, 5.74) is 0. The number of hydrogen-bond acceptors (Lipinski definition) is 2. The van der Waals surface area contributed by atoms with Crippen molar-refractivity contribution in [3.05, 3.63) is 6.92 Å². The molecule has 0 aliphatic rings. The van der Waals surface area contributed by atoms with E-state index in [1.807, 2.05) is 0 Å². The molecule has 1 radical (unpaired) electrons. The number of carbonyl (C=O) groups excluding carboxylic acids is 1. The van der Waals surface area contributed by atoms with Gasteiger partial charge in [-0.3, -0.25) is 4.79 Å². The summed E-state index contributed by atoms with van der Waals surface area (Å²) in [6, 6.07) is 0. The lowest BCUT2D eigenvalue weighted by Crippen LogP contribution is -1.99. The van der Waals surface area contributed by atoms with Gasteiger partial charge < -0.3 is 4.74 Å². The van der Waals surface area contributed by atoms with Crippen LogP contribution >= 0.6 is 15.9 Å². The van der Waals surface area contributed by atoms with E-state index in [0.717, 1.165) is 0 Å². The highest BCUT2D eigenvalue weighted by Crippen LogP contribution is 1.83. The van der Waals surface area contributed by atoms with Gasteiger partial charge in [0.05, 0.1) is 0 Å². The Kier molecular flexibility index (Phi) is 4.34. The van der Waals surface area contributed by atoms with Crippen LogP contribution in [0.15, 0.2) is 0 Å². The first-order valence-corrected chi connectivity index (χ1v) is 2.62. The zero-order valence-electron chi connectivity index (χ0n) is 3.82. The molecule has 0 unspecified atom stereocenters. The molecule has 0 rings (SSSR count). The lowest BCUT2D eigenvalue weighted by atomic mass is 10.8. The van der Waals surface area contributed by atoms with Gasteiger partial charge in [0.2, 0.25) is 4.69 Å². The average molecular weight is 166 g/mol. The molecular formula is C4H6BrO2. The predicted octanol–water partition coefficient (Wildman–Crippen LogP) is 0.759. The Labute approximate surface area is 51.0 Å². The fraction of sp³-hybridized carbons (Fsp3) is 0.500. The smallest absolute Gasteiger partial charge is 0.223 e. The fourth-order valence-corrected chi connectivity index (χ4v) is 0.314. The Morgan fingerprint density at radius 1 is 1.86 bits per heavy atom. The van der Waals surface area contributed by atoms with Crippen molar-refractivity contribution < 1.29 is 9.53 Å². The maximum atomic E-state index is 9.97. The minimum atomic E-state index is -0.142. The van der Waals surface area contributed by atoms with Gasteiger partial charge in [0.25, 0.3) is 0 Å². The van der Waals surface area contributed by atoms with E-state index in [9.17, 15) is 4.79 Å². The Morgan fingerprint density at radius 3 is 2.57 bits per heavy atom. The monoisotopic (exact) mass is 165 g/mol. The highest BCUT2D eigenvalue weighted by Gasteiger charge is 1.89. The van der Waals surface area contributed by atoms with Crippen molar-refractivity contribution in [2.75, 3.05) is 13.2 Å². The summed E-state index contributed by atoms with van der Waals surface area (Å²) < 4.78 is 4.44. The summed E-state index contributed by atoms with van der Waals surface area (Å²) in [5.74, 6) is 0. The number of hydrogen-bond donors (Lipinski definition) is 0. The third-order valence-electron chi connectivity index (χ3n) is 0.360. The third kappa shape index (κ3) is 6.11. The van der Waals surface area contributed by atoms with Gasteiger partial charge in [-0.05, 0) is 22.9 Å². The van der Waals surface area contributed by atoms with Gasteiger partial charge in [0, 0.05) is 6.61 Å². The first kappa shape index (κ1) is 7.11. The van der Waals surface area contributed by atoms with E-state index in [1.54, 1.807) is 0 Å². The van der Waals surface area contributed by atoms with Crippen LogP contribution in [-0.2, 0) is 9.53 Å². The van der Waals surface area contributed by atoms with Crippen molar-refractivity contribution in [1.29, 1.82) is 0 Å². The Bertz CT molecular complexity index is 62.7. The molecule has 0 heterocycles. The average Bonchev–Trinajstić information content (AvgIpc) is 1.61. The fourth-order valence-electron chi connectivity index (χ4n) is 0.152. The van der Waals surface area contributed by atoms with Crippen LogP contribution in [0, 0.1) is 6.92 Å². The van der Waals surface area contributed by atoms with Gasteiger partial charge in [-0.15, -0.1) is 0 Å². The van der Waals surface area contributed by atoms with E-state index in [-0.39, 0.29) is 11.3 Å². The Morgan fingerprint density at radius 2 is 2.43 bits per heavy atom. The SMILES string of the molecule is [CH2]COCC(=O)Br. The summed E-state index contributed by atoms with van der Waals surface area (Å²) in [6.07, 6.45) is 0. The molecule has 2 nitrogen and oxygen atoms in total. The zero-order chi connectivity index (χ0) is 5.70. The number of ether oxygens (including phenoxy) is 1. The molecule has 0 aliphatic heterocycles. The number of rotatable bonds is 3. The van der Waals surface area contributed by atoms with E-state index >= 15 is 0 Å². The molecule has 0 aliphatic carbocycles. The summed E-state index contributed by atoms with van der Waals surface area (Å²) in [4.78, 5) is 9.97. The highest BCUT2D eigenvalue weighted by molar-refractivity contribution is 9.18. The molecule has 0 bridgehead atoms. The zero-order valence-corrected chi connectivity index (χ0v) is 5.40. The first-order chi connectivity index (χ1) is 3.27. The van der Waals surface area contributed by atoms with E-state index in [0.29, 0.717) is 6.61 Å². The van der Waals surface area contributed by atoms with Crippen molar-refractivity contribution in [1.82, 2.24) is 0 Å². The van der Waals surface area contributed by atoms with Crippen molar-refractivity contribution in [2.45, 2.75) is 0 Å². The maximum Gasteiger partial charge on any atom is 0.223 e. The summed E-state index contributed by atoms with van der Waals surface area (Å²) in [6.45, 7) is 3.82. The largest absolute Gasteiger partial charge is 0.373 e. The summed E-state index contributed by atoms with van der Waals surface area (Å²) in [5, 5.41) is 0. The Balaban J connectivity index is 2.82. The molecule has 0 amide bonds. The van der Waals surface area contributed by atoms with E-state index < -0.39 is 0 Å². The summed E-state index contributed by atoms with van der Waals surface area (Å²) >= 11 is 2.68. The molecular weight excluding hydrogens is 160 g/mol. The van der Waals surface area contributed by atoms with Crippen molar-refractivity contribution in [2.24, 2.45) is 0 Å². The normalized spacial score (nSPS) is 8.86. The predicted molar refractivity (Wildman–Crippen MR) is 30.1 cm³/mol. The standard InChI is InChI=1S/C4H6BrO2/c1-2-7-3-4(5)6/h1-3H2. The molecule has 0 aromatic carbocycles. The topological polar surface area (TPSA) is 26.3 Å². The molecule has 0 saturated carbocycles. The lowest BCUT2D eigenvalue weighted by molar-refractivity contribution is -0.114. The molecule has 7 heavy (non-hydrogen) atoms. The van der Waals surface area contributed by atoms with Gasteiger partial charge in [0.15, 0.2) is 0 Å². The molecule has 0 atom stereocenters. The van der Waals surface area contributed by atoms with Gasteiger partial charge >= 0.3 is 0 Å². The van der Waals surface area contributed by atoms with Crippen LogP contribution < -0.4 is 0 Å². The van der Waals surface area contributed by atoms with E-state index in [4.69, 9.17) is 0 Å². The number of carbonyl (C=O) groups is 1. The minimum Gasteiger partial charge on any atom is -0.373 e. The van der Waals surface area contributed by atoms with Crippen LogP contribution in [0.1, 0.15) is 0 Å². The van der Waals surface area contributed by atoms with Crippen LogP contribution in [-0.4, -0.2) is 17.9 Å². The molecule has 0 N–H and O–H groups in total. The molecule has 0 aromatic rings. The quantitative estimate of drug-likeness (QED) is 0.578. The molecule has 0 fully saturated rings. The van der Waals surface area contributed by atoms with Crippen LogP contribution in [0.4, 0.5) is 0 Å². The van der Waals surface area contributed by atoms with Crippen LogP contribution in [0.25, 0.3) is 0 Å². The second kappa shape index (κ2) is 4.27. The second-order valence-electron chi connectivity index (χ2n) is 0.908. The lowest BCUT2D eigenvalue weighted by Gasteiger charge is -1.89. The van der Waals surface area contributed by atoms with Crippen LogP contribution in [0.2, 0.25) is 0 Å². The molecule has 0 saturated heterocycles. The highest BCUT2D eigenvalue weighted by atomic mass is 79.9. The molecule has 41 valence electrons. The van der Waals surface area contributed by atoms with Crippen LogP contribution in [0.3, 0.4) is 0 Å². The molecule has 0 spiro atoms. The van der Waals surface area contributed by atoms with Crippen molar-refractivity contribution >= 4 is 20.6 Å². The van der Waals surface area contributed by atoms with Crippen molar-refractivity contribution in [3.63, 3.8) is 0 Å². The molecule has 0 aromatic heterocycles. The second-order valence-corrected chi connectivity index (χ2v) is 1.79. The summed E-state index contributed by atoms with van der Waals surface area (Å²) in [7, 11) is 0. The van der Waals surface area contributed by atoms with E-state index in [2.05, 4.69) is 27.6 Å². The van der Waals surface area contributed by atoms with Gasteiger partial charge in [-0.25, -0.2) is 0 Å². The van der Waals surface area contributed by atoms with Crippen LogP contribution in [0.5, 0.6) is 0 Å². The molecule has 3 heteroatoms. The van der Waals surface area contributed by atoms with E-state index in [1.165, 1.54) is 0 Å². The first-order valence-electron chi connectivity index (χ1n) is 1.82. The maximum absolute atomic E-state index is 9.97.